The molecule has 0 saturated carbocycles. The fourth-order valence-corrected chi connectivity index (χ4v) is 1.34. The van der Waals surface area contributed by atoms with Crippen molar-refractivity contribution in [1.29, 1.82) is 0 Å². The number of ether oxygens (including phenoxy) is 1. The zero-order valence-corrected chi connectivity index (χ0v) is 9.90. The average Bonchev–Trinajstić information content (AvgIpc) is 2.68. The molecule has 3 N–H and O–H groups in total. The van der Waals surface area contributed by atoms with Crippen LogP contribution < -0.4 is 10.5 Å². The monoisotopic (exact) mass is 248 g/mol. The molecule has 0 fully saturated rings. The Morgan fingerprint density at radius 2 is 2.22 bits per heavy atom. The predicted octanol–water partition coefficient (Wildman–Crippen LogP) is 0.405. The molecule has 0 unspecified atom stereocenters. The number of nitrogens with two attached hydrogens (primary N) is 1. The van der Waals surface area contributed by atoms with E-state index >= 15 is 0 Å². The molecule has 0 saturated heterocycles. The molecule has 8 heteroatoms. The molecular weight excluding hydrogens is 236 g/mol. The lowest BCUT2D eigenvalue weighted by molar-refractivity contribution is 0.318. The minimum absolute atomic E-state index is 0.106. The first-order chi connectivity index (χ1) is 8.60. The minimum Gasteiger partial charge on any atom is -0.419 e. The van der Waals surface area contributed by atoms with Gasteiger partial charge >= 0.3 is 0 Å². The highest BCUT2D eigenvalue weighted by Crippen LogP contribution is 2.18. The number of oxime groups is 1. The topological polar surface area (TPSA) is 111 Å². The standard InChI is InChI=1S/C10H12N6O2/c1-6-3-9(16(2)14-6)18-8-5-12-7(4-13-8)10(11)15-17/h3-5,17H,1-2H3,(H2,11,15). The number of hydrogen-bond acceptors (Lipinski definition) is 6. The Balaban J connectivity index is 2.18. The molecule has 0 radical (unpaired) electrons. The van der Waals surface area contributed by atoms with Gasteiger partial charge in [-0.3, -0.25) is 0 Å². The third-order valence-corrected chi connectivity index (χ3v) is 2.17. The number of nitrogens with zero attached hydrogens (tertiary/aromatic N) is 5. The van der Waals surface area contributed by atoms with E-state index in [-0.39, 0.29) is 11.5 Å². The molecule has 2 aromatic rings. The summed E-state index contributed by atoms with van der Waals surface area (Å²) >= 11 is 0. The van der Waals surface area contributed by atoms with Crippen LogP contribution >= 0.6 is 0 Å². The summed E-state index contributed by atoms with van der Waals surface area (Å²) in [7, 11) is 1.76. The van der Waals surface area contributed by atoms with Gasteiger partial charge in [0, 0.05) is 13.1 Å². The molecule has 8 nitrogen and oxygen atoms in total. The lowest BCUT2D eigenvalue weighted by Crippen LogP contribution is -2.15. The highest BCUT2D eigenvalue weighted by molar-refractivity contribution is 5.94. The lowest BCUT2D eigenvalue weighted by atomic mass is 10.4. The zero-order chi connectivity index (χ0) is 13.1. The Kier molecular flexibility index (Phi) is 3.09. The quantitative estimate of drug-likeness (QED) is 0.352. The summed E-state index contributed by atoms with van der Waals surface area (Å²) < 4.78 is 7.07. The first-order valence-corrected chi connectivity index (χ1v) is 5.08. The average molecular weight is 248 g/mol. The normalized spacial score (nSPS) is 11.6. The molecule has 0 aliphatic carbocycles. The van der Waals surface area contributed by atoms with Crippen LogP contribution in [-0.4, -0.2) is 30.8 Å². The molecule has 0 amide bonds. The third kappa shape index (κ3) is 2.37. The second-order valence-electron chi connectivity index (χ2n) is 3.57. The smallest absolute Gasteiger partial charge is 0.239 e. The number of rotatable bonds is 3. The van der Waals surface area contributed by atoms with Crippen LogP contribution in [0.5, 0.6) is 11.8 Å². The van der Waals surface area contributed by atoms with Crippen molar-refractivity contribution < 1.29 is 9.94 Å². The van der Waals surface area contributed by atoms with Gasteiger partial charge in [0.1, 0.15) is 5.69 Å². The van der Waals surface area contributed by atoms with Crippen molar-refractivity contribution in [3.05, 3.63) is 29.8 Å². The molecule has 0 atom stereocenters. The van der Waals surface area contributed by atoms with Crippen molar-refractivity contribution in [3.63, 3.8) is 0 Å². The van der Waals surface area contributed by atoms with Crippen LogP contribution in [0.3, 0.4) is 0 Å². The second kappa shape index (κ2) is 4.70. The summed E-state index contributed by atoms with van der Waals surface area (Å²) in [6, 6.07) is 1.78. The Morgan fingerprint density at radius 3 is 2.72 bits per heavy atom. The van der Waals surface area contributed by atoms with Crippen LogP contribution in [-0.2, 0) is 7.05 Å². The Morgan fingerprint density at radius 1 is 1.44 bits per heavy atom. The largest absolute Gasteiger partial charge is 0.419 e. The van der Waals surface area contributed by atoms with Crippen LogP contribution in [0.4, 0.5) is 0 Å². The number of amidine groups is 1. The molecular formula is C10H12N6O2. The summed E-state index contributed by atoms with van der Waals surface area (Å²) in [5, 5.41) is 15.4. The van der Waals surface area contributed by atoms with Gasteiger partial charge in [-0.05, 0) is 6.92 Å². The van der Waals surface area contributed by atoms with Gasteiger partial charge in [-0.2, -0.15) is 5.10 Å². The van der Waals surface area contributed by atoms with E-state index in [4.69, 9.17) is 15.7 Å². The first kappa shape index (κ1) is 11.8. The highest BCUT2D eigenvalue weighted by Gasteiger charge is 2.07. The third-order valence-electron chi connectivity index (χ3n) is 2.17. The SMILES string of the molecule is Cc1cc(Oc2cnc(/C(N)=N/O)cn2)n(C)n1. The number of aromatic nitrogens is 4. The summed E-state index contributed by atoms with van der Waals surface area (Å²) in [5.74, 6) is 0.747. The van der Waals surface area contributed by atoms with Gasteiger partial charge < -0.3 is 15.7 Å². The molecule has 0 aromatic carbocycles. The van der Waals surface area contributed by atoms with Crippen LogP contribution in [0.1, 0.15) is 11.4 Å². The fraction of sp³-hybridized carbons (Fsp3) is 0.200. The molecule has 2 aromatic heterocycles. The van der Waals surface area contributed by atoms with E-state index in [0.717, 1.165) is 5.69 Å². The molecule has 0 bridgehead atoms. The number of aryl methyl sites for hydroxylation is 2. The zero-order valence-electron chi connectivity index (χ0n) is 9.90. The van der Waals surface area contributed by atoms with Gasteiger partial charge in [0.05, 0.1) is 18.1 Å². The van der Waals surface area contributed by atoms with Crippen LogP contribution in [0, 0.1) is 6.92 Å². The summed E-state index contributed by atoms with van der Waals surface area (Å²) in [6.45, 7) is 1.86. The van der Waals surface area contributed by atoms with Crippen molar-refractivity contribution in [2.45, 2.75) is 6.92 Å². The predicted molar refractivity (Wildman–Crippen MR) is 62.6 cm³/mol. The summed E-state index contributed by atoms with van der Waals surface area (Å²) in [4.78, 5) is 7.94. The molecule has 2 rings (SSSR count). The molecule has 94 valence electrons. The van der Waals surface area contributed by atoms with E-state index in [2.05, 4.69) is 20.2 Å². The molecule has 18 heavy (non-hydrogen) atoms. The van der Waals surface area contributed by atoms with Crippen molar-refractivity contribution >= 4 is 5.84 Å². The summed E-state index contributed by atoms with van der Waals surface area (Å²) in [6.07, 6.45) is 2.74. The van der Waals surface area contributed by atoms with E-state index in [1.54, 1.807) is 17.8 Å². The molecule has 2 heterocycles. The van der Waals surface area contributed by atoms with Crippen molar-refractivity contribution in [3.8, 4) is 11.8 Å². The van der Waals surface area contributed by atoms with E-state index < -0.39 is 0 Å². The Bertz CT molecular complexity index is 575. The molecule has 0 aliphatic rings. The highest BCUT2D eigenvalue weighted by atomic mass is 16.5. The Hall–Kier alpha value is -2.64. The minimum atomic E-state index is -0.106. The Labute approximate surface area is 103 Å². The van der Waals surface area contributed by atoms with Gasteiger partial charge in [0.15, 0.2) is 5.84 Å². The van der Waals surface area contributed by atoms with Gasteiger partial charge in [0.2, 0.25) is 11.8 Å². The van der Waals surface area contributed by atoms with Crippen LogP contribution in [0.15, 0.2) is 23.6 Å². The lowest BCUT2D eigenvalue weighted by Gasteiger charge is -2.04. The second-order valence-corrected chi connectivity index (χ2v) is 3.57. The van der Waals surface area contributed by atoms with Gasteiger partial charge in [-0.1, -0.05) is 5.16 Å². The summed E-state index contributed by atoms with van der Waals surface area (Å²) in [5.41, 5.74) is 6.48. The van der Waals surface area contributed by atoms with Crippen molar-refractivity contribution in [2.24, 2.45) is 17.9 Å². The maximum atomic E-state index is 8.48. The van der Waals surface area contributed by atoms with Crippen molar-refractivity contribution in [2.75, 3.05) is 0 Å². The van der Waals surface area contributed by atoms with Crippen LogP contribution in [0.25, 0.3) is 0 Å². The first-order valence-electron chi connectivity index (χ1n) is 5.08. The number of hydrogen-bond donors (Lipinski definition) is 2. The van der Waals surface area contributed by atoms with Crippen molar-refractivity contribution in [1.82, 2.24) is 19.7 Å². The van der Waals surface area contributed by atoms with E-state index in [9.17, 15) is 0 Å². The maximum absolute atomic E-state index is 8.48. The van der Waals surface area contributed by atoms with Gasteiger partial charge in [0.25, 0.3) is 0 Å². The maximum Gasteiger partial charge on any atom is 0.239 e. The van der Waals surface area contributed by atoms with Gasteiger partial charge in [-0.15, -0.1) is 0 Å². The fourth-order valence-electron chi connectivity index (χ4n) is 1.34. The van der Waals surface area contributed by atoms with E-state index in [1.807, 2.05) is 6.92 Å². The molecule has 0 spiro atoms. The van der Waals surface area contributed by atoms with E-state index in [1.165, 1.54) is 12.4 Å². The van der Waals surface area contributed by atoms with Gasteiger partial charge in [-0.25, -0.2) is 14.6 Å². The van der Waals surface area contributed by atoms with E-state index in [0.29, 0.717) is 11.8 Å². The molecule has 0 aliphatic heterocycles. The van der Waals surface area contributed by atoms with Crippen LogP contribution in [0.2, 0.25) is 0 Å².